The van der Waals surface area contributed by atoms with E-state index in [0.717, 1.165) is 25.0 Å². The molecule has 2 saturated heterocycles. The Balaban J connectivity index is 1.85. The molecule has 5 nitrogen and oxygen atoms in total. The number of methoxy groups -OCH3 is 1. The van der Waals surface area contributed by atoms with Crippen LogP contribution < -0.4 is 4.90 Å². The molecule has 8 heteroatoms. The van der Waals surface area contributed by atoms with Gasteiger partial charge in [-0.2, -0.15) is 13.2 Å². The summed E-state index contributed by atoms with van der Waals surface area (Å²) < 4.78 is 45.1. The molecule has 0 spiro atoms. The van der Waals surface area contributed by atoms with Crippen LogP contribution >= 0.6 is 0 Å². The molecule has 27 heavy (non-hydrogen) atoms. The number of halogens is 3. The molecule has 3 rings (SSSR count). The highest BCUT2D eigenvalue weighted by molar-refractivity contribution is 5.99. The Morgan fingerprint density at radius 3 is 2.44 bits per heavy atom. The second kappa shape index (κ2) is 7.88. The van der Waals surface area contributed by atoms with Crippen LogP contribution in [0.4, 0.5) is 18.9 Å². The highest BCUT2D eigenvalue weighted by Gasteiger charge is 2.34. The van der Waals surface area contributed by atoms with Crippen molar-refractivity contribution in [1.29, 1.82) is 0 Å². The van der Waals surface area contributed by atoms with Gasteiger partial charge in [-0.1, -0.05) is 0 Å². The van der Waals surface area contributed by atoms with E-state index in [-0.39, 0.29) is 17.2 Å². The Hall–Kier alpha value is -2.09. The monoisotopic (exact) mass is 384 g/mol. The van der Waals surface area contributed by atoms with E-state index in [1.807, 2.05) is 0 Å². The summed E-state index contributed by atoms with van der Waals surface area (Å²) in [5, 5.41) is 0. The Morgan fingerprint density at radius 2 is 1.89 bits per heavy atom. The van der Waals surface area contributed by atoms with Crippen molar-refractivity contribution in [3.05, 3.63) is 29.3 Å². The molecule has 2 aliphatic heterocycles. The van der Waals surface area contributed by atoms with Crippen LogP contribution in [0.2, 0.25) is 0 Å². The van der Waals surface area contributed by atoms with Crippen LogP contribution in [-0.2, 0) is 15.7 Å². The quantitative estimate of drug-likeness (QED) is 0.800. The molecule has 0 aromatic heterocycles. The minimum atomic E-state index is -4.58. The fraction of sp³-hybridized carbons (Fsp3) is 0.579. The van der Waals surface area contributed by atoms with Gasteiger partial charge in [0.05, 0.1) is 5.56 Å². The zero-order valence-corrected chi connectivity index (χ0v) is 15.2. The standard InChI is InChI=1S/C19H23F3N2O3/c1-27-12-13-4-7-23(8-5-13)18(26)14-9-15(19(20,21)22)11-16(10-14)24-6-2-3-17(24)25/h9-11,13H,2-8,12H2,1H3. The van der Waals surface area contributed by atoms with Crippen molar-refractivity contribution in [2.45, 2.75) is 31.9 Å². The van der Waals surface area contributed by atoms with E-state index in [2.05, 4.69) is 0 Å². The van der Waals surface area contributed by atoms with E-state index in [4.69, 9.17) is 4.74 Å². The molecule has 0 unspecified atom stereocenters. The summed E-state index contributed by atoms with van der Waals surface area (Å²) in [6.07, 6.45) is -2.15. The molecule has 2 fully saturated rings. The third-order valence-corrected chi connectivity index (χ3v) is 5.18. The van der Waals surface area contributed by atoms with Crippen LogP contribution in [0.3, 0.4) is 0 Å². The highest BCUT2D eigenvalue weighted by Crippen LogP contribution is 2.34. The molecule has 0 bridgehead atoms. The third-order valence-electron chi connectivity index (χ3n) is 5.18. The van der Waals surface area contributed by atoms with Gasteiger partial charge in [-0.15, -0.1) is 0 Å². The topological polar surface area (TPSA) is 49.9 Å². The second-order valence-corrected chi connectivity index (χ2v) is 7.11. The van der Waals surface area contributed by atoms with Gasteiger partial charge in [-0.05, 0) is 43.4 Å². The van der Waals surface area contributed by atoms with Crippen molar-refractivity contribution in [2.75, 3.05) is 38.3 Å². The number of piperidine rings is 1. The van der Waals surface area contributed by atoms with Crippen LogP contribution in [0.1, 0.15) is 41.6 Å². The first-order valence-electron chi connectivity index (χ1n) is 9.10. The van der Waals surface area contributed by atoms with E-state index in [1.165, 1.54) is 11.0 Å². The maximum absolute atomic E-state index is 13.3. The second-order valence-electron chi connectivity index (χ2n) is 7.11. The molecule has 0 radical (unpaired) electrons. The summed E-state index contributed by atoms with van der Waals surface area (Å²) in [4.78, 5) is 27.7. The number of amides is 2. The molecule has 2 heterocycles. The minimum Gasteiger partial charge on any atom is -0.384 e. The summed E-state index contributed by atoms with van der Waals surface area (Å²) in [5.74, 6) is -0.281. The Morgan fingerprint density at radius 1 is 1.19 bits per heavy atom. The lowest BCUT2D eigenvalue weighted by Gasteiger charge is -2.32. The van der Waals surface area contributed by atoms with E-state index in [9.17, 15) is 22.8 Å². The molecule has 2 aliphatic rings. The number of carbonyl (C=O) groups is 2. The molecular weight excluding hydrogens is 361 g/mol. The SMILES string of the molecule is COCC1CCN(C(=O)c2cc(N3CCCC3=O)cc(C(F)(F)F)c2)CC1. The maximum atomic E-state index is 13.3. The van der Waals surface area contributed by atoms with Gasteiger partial charge in [0.15, 0.2) is 0 Å². The number of likely N-dealkylation sites (tertiary alicyclic amines) is 1. The van der Waals surface area contributed by atoms with Gasteiger partial charge < -0.3 is 14.5 Å². The Labute approximate surface area is 156 Å². The molecule has 0 atom stereocenters. The minimum absolute atomic E-state index is 0.0234. The van der Waals surface area contributed by atoms with E-state index >= 15 is 0 Å². The number of alkyl halides is 3. The predicted molar refractivity (Wildman–Crippen MR) is 93.5 cm³/mol. The number of rotatable bonds is 4. The average Bonchev–Trinajstić information content (AvgIpc) is 3.07. The number of anilines is 1. The first-order valence-corrected chi connectivity index (χ1v) is 9.10. The molecule has 2 amide bonds. The first kappa shape index (κ1) is 19.7. The lowest BCUT2D eigenvalue weighted by Crippen LogP contribution is -2.39. The number of nitrogens with zero attached hydrogens (tertiary/aromatic N) is 2. The van der Waals surface area contributed by atoms with Gasteiger partial charge in [0.2, 0.25) is 5.91 Å². The fourth-order valence-electron chi connectivity index (χ4n) is 3.70. The Bertz CT molecular complexity index is 713. The van der Waals surface area contributed by atoms with Crippen molar-refractivity contribution in [2.24, 2.45) is 5.92 Å². The van der Waals surface area contributed by atoms with Crippen molar-refractivity contribution < 1.29 is 27.5 Å². The molecule has 1 aromatic carbocycles. The normalized spacial score (nSPS) is 19.0. The van der Waals surface area contributed by atoms with Crippen molar-refractivity contribution in [3.8, 4) is 0 Å². The van der Waals surface area contributed by atoms with Crippen molar-refractivity contribution in [3.63, 3.8) is 0 Å². The highest BCUT2D eigenvalue weighted by atomic mass is 19.4. The summed E-state index contributed by atoms with van der Waals surface area (Å²) in [7, 11) is 1.63. The van der Waals surface area contributed by atoms with Gasteiger partial charge in [0.25, 0.3) is 5.91 Å². The number of carbonyl (C=O) groups excluding carboxylic acids is 2. The van der Waals surface area contributed by atoms with E-state index in [1.54, 1.807) is 12.0 Å². The molecular formula is C19H23F3N2O3. The molecule has 0 saturated carbocycles. The van der Waals surface area contributed by atoms with Gasteiger partial charge >= 0.3 is 6.18 Å². The number of benzene rings is 1. The summed E-state index contributed by atoms with van der Waals surface area (Å²) in [6.45, 7) is 1.96. The molecule has 1 aromatic rings. The maximum Gasteiger partial charge on any atom is 0.416 e. The van der Waals surface area contributed by atoms with Gasteiger partial charge in [-0.3, -0.25) is 9.59 Å². The van der Waals surface area contributed by atoms with Crippen molar-refractivity contribution in [1.82, 2.24) is 4.90 Å². The van der Waals surface area contributed by atoms with Crippen LogP contribution in [0.15, 0.2) is 18.2 Å². The first-order chi connectivity index (χ1) is 12.8. The van der Waals surface area contributed by atoms with Crippen LogP contribution in [-0.4, -0.2) is 50.1 Å². The number of hydrogen-bond donors (Lipinski definition) is 0. The van der Waals surface area contributed by atoms with E-state index < -0.39 is 17.6 Å². The average molecular weight is 384 g/mol. The Kier molecular flexibility index (Phi) is 5.74. The van der Waals surface area contributed by atoms with Crippen LogP contribution in [0, 0.1) is 5.92 Å². The molecule has 0 N–H and O–H groups in total. The van der Waals surface area contributed by atoms with Crippen LogP contribution in [0.5, 0.6) is 0 Å². The lowest BCUT2D eigenvalue weighted by atomic mass is 9.97. The summed E-state index contributed by atoms with van der Waals surface area (Å²) in [5.41, 5.74) is -0.785. The van der Waals surface area contributed by atoms with Crippen molar-refractivity contribution >= 4 is 17.5 Å². The fourth-order valence-corrected chi connectivity index (χ4v) is 3.70. The third kappa shape index (κ3) is 4.43. The molecule has 148 valence electrons. The number of ether oxygens (including phenoxy) is 1. The van der Waals surface area contributed by atoms with Gasteiger partial charge in [-0.25, -0.2) is 0 Å². The van der Waals surface area contributed by atoms with Gasteiger partial charge in [0, 0.05) is 51.0 Å². The lowest BCUT2D eigenvalue weighted by molar-refractivity contribution is -0.137. The zero-order valence-electron chi connectivity index (χ0n) is 15.2. The summed E-state index contributed by atoms with van der Waals surface area (Å²) in [6, 6.07) is 3.24. The molecule has 0 aliphatic carbocycles. The summed E-state index contributed by atoms with van der Waals surface area (Å²) >= 11 is 0. The zero-order chi connectivity index (χ0) is 19.6. The number of hydrogen-bond acceptors (Lipinski definition) is 3. The van der Waals surface area contributed by atoms with Gasteiger partial charge in [0.1, 0.15) is 0 Å². The van der Waals surface area contributed by atoms with Crippen LogP contribution in [0.25, 0.3) is 0 Å². The predicted octanol–water partition coefficient (Wildman–Crippen LogP) is 3.33. The van der Waals surface area contributed by atoms with E-state index in [0.29, 0.717) is 45.0 Å². The smallest absolute Gasteiger partial charge is 0.384 e. The largest absolute Gasteiger partial charge is 0.416 e.